The van der Waals surface area contributed by atoms with Crippen molar-refractivity contribution in [2.75, 3.05) is 39.8 Å². The van der Waals surface area contributed by atoms with Crippen LogP contribution in [0, 0.1) is 11.7 Å². The molecule has 1 aromatic carbocycles. The van der Waals surface area contributed by atoms with Gasteiger partial charge in [0.15, 0.2) is 0 Å². The molecular weight excluding hydrogens is 385 g/mol. The van der Waals surface area contributed by atoms with Crippen LogP contribution >= 0.6 is 11.6 Å². The van der Waals surface area contributed by atoms with Crippen LogP contribution < -0.4 is 5.32 Å². The van der Waals surface area contributed by atoms with Gasteiger partial charge in [-0.2, -0.15) is 0 Å². The average molecular weight is 414 g/mol. The van der Waals surface area contributed by atoms with Gasteiger partial charge >= 0.3 is 5.97 Å². The molecule has 1 amide bonds. The quantitative estimate of drug-likeness (QED) is 0.662. The number of benzene rings is 1. The molecule has 6 nitrogen and oxygen atoms in total. The molecule has 0 bridgehead atoms. The number of piperazine rings is 1. The van der Waals surface area contributed by atoms with Gasteiger partial charge in [-0.3, -0.25) is 14.6 Å². The zero-order valence-electron chi connectivity index (χ0n) is 16.7. The molecule has 1 aromatic rings. The summed E-state index contributed by atoms with van der Waals surface area (Å²) in [5.41, 5.74) is 0.892. The van der Waals surface area contributed by atoms with Gasteiger partial charge in [0.2, 0.25) is 5.91 Å². The van der Waals surface area contributed by atoms with Gasteiger partial charge in [0.25, 0.3) is 0 Å². The molecule has 0 radical (unpaired) electrons. The molecule has 1 aliphatic rings. The molecule has 2 rings (SSSR count). The first-order valence-electron chi connectivity index (χ1n) is 9.59. The van der Waals surface area contributed by atoms with E-state index in [4.69, 9.17) is 16.3 Å². The Bertz CT molecular complexity index is 681. The van der Waals surface area contributed by atoms with Gasteiger partial charge in [-0.15, -0.1) is 0 Å². The summed E-state index contributed by atoms with van der Waals surface area (Å²) in [6.45, 7) is 7.82. The van der Waals surface area contributed by atoms with Gasteiger partial charge in [0, 0.05) is 37.7 Å². The Morgan fingerprint density at radius 2 is 1.89 bits per heavy atom. The van der Waals surface area contributed by atoms with Gasteiger partial charge in [-0.1, -0.05) is 37.9 Å². The van der Waals surface area contributed by atoms with Crippen molar-refractivity contribution in [2.24, 2.45) is 5.92 Å². The molecular formula is C20H29ClFN3O3. The number of esters is 1. The lowest BCUT2D eigenvalue weighted by Crippen LogP contribution is -2.52. The van der Waals surface area contributed by atoms with E-state index in [1.54, 1.807) is 6.07 Å². The van der Waals surface area contributed by atoms with Crippen LogP contribution in [-0.4, -0.2) is 67.6 Å². The van der Waals surface area contributed by atoms with Crippen molar-refractivity contribution < 1.29 is 18.7 Å². The van der Waals surface area contributed by atoms with E-state index >= 15 is 0 Å². The maximum Gasteiger partial charge on any atom is 0.328 e. The maximum absolute atomic E-state index is 13.2. The number of hydrogen-bond acceptors (Lipinski definition) is 5. The highest BCUT2D eigenvalue weighted by atomic mass is 35.5. The van der Waals surface area contributed by atoms with Gasteiger partial charge in [-0.25, -0.2) is 9.18 Å². The van der Waals surface area contributed by atoms with Crippen molar-refractivity contribution in [1.29, 1.82) is 0 Å². The van der Waals surface area contributed by atoms with Crippen molar-refractivity contribution in [3.8, 4) is 0 Å². The van der Waals surface area contributed by atoms with E-state index in [0.29, 0.717) is 11.6 Å². The minimum absolute atomic E-state index is 0.00806. The van der Waals surface area contributed by atoms with Crippen molar-refractivity contribution >= 4 is 23.5 Å². The second-order valence-corrected chi connectivity index (χ2v) is 7.65. The summed E-state index contributed by atoms with van der Waals surface area (Å²) in [4.78, 5) is 28.6. The Morgan fingerprint density at radius 1 is 1.25 bits per heavy atom. The number of ether oxygens (including phenoxy) is 1. The smallest absolute Gasteiger partial charge is 0.328 e. The third-order valence-electron chi connectivity index (χ3n) is 5.23. The molecule has 1 heterocycles. The first kappa shape index (κ1) is 22.6. The van der Waals surface area contributed by atoms with Crippen LogP contribution in [0.15, 0.2) is 18.2 Å². The van der Waals surface area contributed by atoms with Crippen LogP contribution in [0.4, 0.5) is 4.39 Å². The van der Waals surface area contributed by atoms with E-state index in [9.17, 15) is 14.0 Å². The van der Waals surface area contributed by atoms with Crippen LogP contribution in [0.25, 0.3) is 0 Å². The molecule has 28 heavy (non-hydrogen) atoms. The highest BCUT2D eigenvalue weighted by Crippen LogP contribution is 2.19. The SMILES string of the molecule is CCC(C)C(NC(=O)CN1CCN(Cc2ccc(F)cc2Cl)CC1)C(=O)OC. The molecule has 0 aromatic heterocycles. The van der Waals surface area contributed by atoms with Crippen molar-refractivity contribution in [3.05, 3.63) is 34.6 Å². The number of amides is 1. The fourth-order valence-electron chi connectivity index (χ4n) is 3.21. The Kier molecular flexibility index (Phi) is 8.66. The second kappa shape index (κ2) is 10.7. The van der Waals surface area contributed by atoms with E-state index in [2.05, 4.69) is 15.1 Å². The first-order valence-corrected chi connectivity index (χ1v) is 9.97. The van der Waals surface area contributed by atoms with E-state index in [1.165, 1.54) is 19.2 Å². The van der Waals surface area contributed by atoms with E-state index in [0.717, 1.165) is 38.2 Å². The van der Waals surface area contributed by atoms with E-state index < -0.39 is 12.0 Å². The minimum Gasteiger partial charge on any atom is -0.467 e. The lowest BCUT2D eigenvalue weighted by molar-refractivity contribution is -0.146. The van der Waals surface area contributed by atoms with Gasteiger partial charge < -0.3 is 10.1 Å². The predicted molar refractivity (Wildman–Crippen MR) is 107 cm³/mol. The molecule has 1 aliphatic heterocycles. The molecule has 2 atom stereocenters. The highest BCUT2D eigenvalue weighted by Gasteiger charge is 2.28. The number of carbonyl (C=O) groups excluding carboxylic acids is 2. The number of hydrogen-bond donors (Lipinski definition) is 1. The summed E-state index contributed by atoms with van der Waals surface area (Å²) in [5, 5.41) is 3.24. The Morgan fingerprint density at radius 3 is 2.46 bits per heavy atom. The summed E-state index contributed by atoms with van der Waals surface area (Å²) >= 11 is 6.10. The molecule has 156 valence electrons. The summed E-state index contributed by atoms with van der Waals surface area (Å²) in [6.07, 6.45) is 0.769. The Labute approximate surface area is 171 Å². The number of rotatable bonds is 8. The largest absolute Gasteiger partial charge is 0.467 e. The monoisotopic (exact) mass is 413 g/mol. The molecule has 1 fully saturated rings. The third-order valence-corrected chi connectivity index (χ3v) is 5.58. The first-order chi connectivity index (χ1) is 13.3. The highest BCUT2D eigenvalue weighted by molar-refractivity contribution is 6.31. The van der Waals surface area contributed by atoms with E-state index in [-0.39, 0.29) is 24.2 Å². The fourth-order valence-corrected chi connectivity index (χ4v) is 3.44. The zero-order chi connectivity index (χ0) is 20.7. The van der Waals surface area contributed by atoms with Crippen molar-refractivity contribution in [3.63, 3.8) is 0 Å². The molecule has 0 spiro atoms. The average Bonchev–Trinajstić information content (AvgIpc) is 2.68. The second-order valence-electron chi connectivity index (χ2n) is 7.24. The Balaban J connectivity index is 1.81. The summed E-state index contributed by atoms with van der Waals surface area (Å²) in [5.74, 6) is -0.921. The van der Waals surface area contributed by atoms with Crippen molar-refractivity contribution in [2.45, 2.75) is 32.9 Å². The topological polar surface area (TPSA) is 61.9 Å². The number of carbonyl (C=O) groups is 2. The maximum atomic E-state index is 13.2. The number of nitrogens with zero attached hydrogens (tertiary/aromatic N) is 2. The minimum atomic E-state index is -0.621. The van der Waals surface area contributed by atoms with Gasteiger partial charge in [0.1, 0.15) is 11.9 Å². The van der Waals surface area contributed by atoms with Crippen LogP contribution in [-0.2, 0) is 20.9 Å². The number of nitrogens with one attached hydrogen (secondary N) is 1. The number of methoxy groups -OCH3 is 1. The molecule has 1 saturated heterocycles. The lowest BCUT2D eigenvalue weighted by atomic mass is 9.99. The standard InChI is InChI=1S/C20H29ClFN3O3/c1-4-14(2)19(20(27)28-3)23-18(26)13-25-9-7-24(8-10-25)12-15-5-6-16(22)11-17(15)21/h5-6,11,14,19H,4,7-10,12-13H2,1-3H3,(H,23,26). The molecule has 8 heteroatoms. The summed E-state index contributed by atoms with van der Waals surface area (Å²) in [7, 11) is 1.33. The van der Waals surface area contributed by atoms with Crippen LogP contribution in [0.5, 0.6) is 0 Å². The van der Waals surface area contributed by atoms with E-state index in [1.807, 2.05) is 13.8 Å². The van der Waals surface area contributed by atoms with Crippen LogP contribution in [0.2, 0.25) is 5.02 Å². The molecule has 2 unspecified atom stereocenters. The van der Waals surface area contributed by atoms with Crippen LogP contribution in [0.1, 0.15) is 25.8 Å². The summed E-state index contributed by atoms with van der Waals surface area (Å²) in [6, 6.07) is 3.83. The van der Waals surface area contributed by atoms with Gasteiger partial charge in [0.05, 0.1) is 13.7 Å². The van der Waals surface area contributed by atoms with Crippen LogP contribution in [0.3, 0.4) is 0 Å². The number of halogens is 2. The molecule has 0 aliphatic carbocycles. The van der Waals surface area contributed by atoms with Gasteiger partial charge in [-0.05, 0) is 23.6 Å². The zero-order valence-corrected chi connectivity index (χ0v) is 17.5. The third kappa shape index (κ3) is 6.43. The lowest BCUT2D eigenvalue weighted by Gasteiger charge is -2.34. The fraction of sp³-hybridized carbons (Fsp3) is 0.600. The summed E-state index contributed by atoms with van der Waals surface area (Å²) < 4.78 is 18.0. The molecule has 0 saturated carbocycles. The molecule has 1 N–H and O–H groups in total. The predicted octanol–water partition coefficient (Wildman–Crippen LogP) is 2.30. The Hall–Kier alpha value is -1.70. The normalized spacial score (nSPS) is 17.8. The van der Waals surface area contributed by atoms with Crippen molar-refractivity contribution in [1.82, 2.24) is 15.1 Å².